The number of nitrogens with one attached hydrogen (secondary N) is 2. The Morgan fingerprint density at radius 3 is 2.48 bits per heavy atom. The fourth-order valence-electron chi connectivity index (χ4n) is 6.54. The molecule has 0 bridgehead atoms. The highest BCUT2D eigenvalue weighted by molar-refractivity contribution is 9.10. The van der Waals surface area contributed by atoms with Crippen molar-refractivity contribution in [3.8, 4) is 0 Å². The molecule has 0 spiro atoms. The normalized spacial score (nSPS) is 19.8. The first kappa shape index (κ1) is 37.8. The molecule has 2 atom stereocenters. The van der Waals surface area contributed by atoms with Crippen LogP contribution in [-0.2, 0) is 31.1 Å². The maximum atomic E-state index is 13.7. The van der Waals surface area contributed by atoms with Crippen LogP contribution >= 0.6 is 54.8 Å². The van der Waals surface area contributed by atoms with E-state index in [1.54, 1.807) is 40.7 Å². The first-order chi connectivity index (χ1) is 22.9. The number of sulfonamides is 1. The minimum atomic E-state index is -3.88. The third kappa shape index (κ3) is 9.26. The average Bonchev–Trinajstić information content (AvgIpc) is 3.41. The predicted molar refractivity (Wildman–Crippen MR) is 194 cm³/mol. The number of benzene rings is 1. The molecular weight excluding hydrogens is 828 g/mol. The van der Waals surface area contributed by atoms with Gasteiger partial charge in [0.25, 0.3) is 10.0 Å². The zero-order valence-corrected chi connectivity index (χ0v) is 32.6. The number of aromatic nitrogens is 1. The van der Waals surface area contributed by atoms with Crippen molar-refractivity contribution >= 4 is 80.6 Å². The van der Waals surface area contributed by atoms with E-state index in [2.05, 4.69) is 47.5 Å². The summed E-state index contributed by atoms with van der Waals surface area (Å²) in [6.45, 7) is 2.05. The summed E-state index contributed by atoms with van der Waals surface area (Å²) in [7, 11) is -7.40. The van der Waals surface area contributed by atoms with E-state index < -0.39 is 25.8 Å². The lowest BCUT2D eigenvalue weighted by Crippen LogP contribution is -2.38. The number of nitrogens with zero attached hydrogens (tertiary/aromatic N) is 2. The minimum absolute atomic E-state index is 0.0408. The second-order valence-corrected chi connectivity index (χ2v) is 19.7. The molecule has 0 radical (unpaired) electrons. The summed E-state index contributed by atoms with van der Waals surface area (Å²) in [4.78, 5) is 15.7. The first-order valence-corrected chi connectivity index (χ1v) is 21.7. The van der Waals surface area contributed by atoms with Crippen molar-refractivity contribution in [2.45, 2.75) is 71.4 Å². The van der Waals surface area contributed by atoms with E-state index >= 15 is 0 Å². The van der Waals surface area contributed by atoms with Gasteiger partial charge >= 0.3 is 5.97 Å². The van der Waals surface area contributed by atoms with Crippen LogP contribution in [0.5, 0.6) is 0 Å². The molecule has 2 saturated heterocycles. The highest BCUT2D eigenvalue weighted by Crippen LogP contribution is 2.38. The van der Waals surface area contributed by atoms with Gasteiger partial charge in [-0.05, 0) is 119 Å². The number of piperidine rings is 2. The van der Waals surface area contributed by atoms with Crippen LogP contribution in [0, 0.1) is 11.8 Å². The van der Waals surface area contributed by atoms with Crippen molar-refractivity contribution in [3.63, 3.8) is 0 Å². The van der Waals surface area contributed by atoms with E-state index in [-0.39, 0.29) is 26.6 Å². The number of carboxylic acids is 1. The average molecular weight is 867 g/mol. The number of halogens is 3. The molecule has 262 valence electrons. The summed E-state index contributed by atoms with van der Waals surface area (Å²) in [6, 6.07) is 10.2. The molecule has 4 heterocycles. The molecule has 0 amide bonds. The number of rotatable bonds is 14. The molecule has 3 aromatic rings. The zero-order chi connectivity index (χ0) is 34.5. The van der Waals surface area contributed by atoms with Crippen LogP contribution in [0.4, 0.5) is 0 Å². The van der Waals surface area contributed by atoms with Crippen molar-refractivity contribution in [1.82, 2.24) is 19.9 Å². The molecular formula is C32H39Br2ClN4O6S3. The van der Waals surface area contributed by atoms with Gasteiger partial charge in [0.15, 0.2) is 0 Å². The summed E-state index contributed by atoms with van der Waals surface area (Å²) in [6.07, 6.45) is 8.76. The molecule has 5 rings (SSSR count). The first-order valence-electron chi connectivity index (χ1n) is 16.0. The molecule has 1 aromatic carbocycles. The Labute approximate surface area is 308 Å². The van der Waals surface area contributed by atoms with Crippen LogP contribution in [0.1, 0.15) is 62.2 Å². The van der Waals surface area contributed by atoms with Crippen molar-refractivity contribution in [2.24, 2.45) is 11.8 Å². The van der Waals surface area contributed by atoms with Gasteiger partial charge < -0.3 is 15.7 Å². The number of pyridine rings is 1. The number of thiophene rings is 1. The van der Waals surface area contributed by atoms with Crippen LogP contribution < -0.4 is 10.6 Å². The van der Waals surface area contributed by atoms with Crippen molar-refractivity contribution in [3.05, 3.63) is 67.1 Å². The van der Waals surface area contributed by atoms with Gasteiger partial charge in [-0.25, -0.2) is 16.8 Å². The molecule has 48 heavy (non-hydrogen) atoms. The Kier molecular flexibility index (Phi) is 13.2. The molecule has 2 fully saturated rings. The standard InChI is InChI=1S/C32H39Br2ClN4O6S3/c33-25-6-2-5-23(10-13-36-20-29(40)41)31(25)47(42,43)24-7-8-27(38-19-24)28-17-22(9-14-37-28)4-1-3-21-11-15-39(16-12-21)48(44,45)30-18-26(34)32(35)46-30/h2,5-8,18-19,21-22,28,36-37H,1,3-4,9-17,20H2,(H,40,41). The molecule has 2 aromatic heterocycles. The fourth-order valence-corrected chi connectivity index (χ4v) is 13.0. The number of carboxylic acid groups (broad SMARTS) is 1. The second kappa shape index (κ2) is 16.7. The summed E-state index contributed by atoms with van der Waals surface area (Å²) in [5, 5.41) is 15.2. The summed E-state index contributed by atoms with van der Waals surface area (Å²) < 4.78 is 56.9. The third-order valence-corrected chi connectivity index (χ3v) is 16.7. The highest BCUT2D eigenvalue weighted by Gasteiger charge is 2.32. The van der Waals surface area contributed by atoms with Crippen LogP contribution in [-0.4, -0.2) is 69.9 Å². The van der Waals surface area contributed by atoms with Gasteiger partial charge in [-0.15, -0.1) is 11.3 Å². The topological polar surface area (TPSA) is 146 Å². The van der Waals surface area contributed by atoms with Crippen LogP contribution in [0.2, 0.25) is 4.34 Å². The molecule has 2 aliphatic rings. The van der Waals surface area contributed by atoms with E-state index in [1.165, 1.54) is 6.20 Å². The molecule has 2 unspecified atom stereocenters. The Hall–Kier alpha value is -1.43. The highest BCUT2D eigenvalue weighted by atomic mass is 79.9. The van der Waals surface area contributed by atoms with Gasteiger partial charge in [-0.2, -0.15) is 4.31 Å². The van der Waals surface area contributed by atoms with Gasteiger partial charge in [0.05, 0.1) is 22.0 Å². The molecule has 2 aliphatic heterocycles. The summed E-state index contributed by atoms with van der Waals surface area (Å²) in [5.74, 6) is 0.0669. The number of carbonyl (C=O) groups is 1. The number of hydrogen-bond acceptors (Lipinski definition) is 9. The molecule has 3 N–H and O–H groups in total. The van der Waals surface area contributed by atoms with Gasteiger partial charge in [-0.1, -0.05) is 43.0 Å². The van der Waals surface area contributed by atoms with E-state index in [9.17, 15) is 21.6 Å². The largest absolute Gasteiger partial charge is 0.480 e. The van der Waals surface area contributed by atoms with Gasteiger partial charge in [-0.3, -0.25) is 9.78 Å². The zero-order valence-electron chi connectivity index (χ0n) is 26.2. The second-order valence-electron chi connectivity index (χ2n) is 12.3. The molecule has 0 saturated carbocycles. The lowest BCUT2D eigenvalue weighted by atomic mass is 9.84. The maximum Gasteiger partial charge on any atom is 0.317 e. The number of hydrogen-bond donors (Lipinski definition) is 3. The monoisotopic (exact) mass is 864 g/mol. The van der Waals surface area contributed by atoms with E-state index in [0.29, 0.717) is 56.7 Å². The lowest BCUT2D eigenvalue weighted by molar-refractivity contribution is -0.135. The van der Waals surface area contributed by atoms with Gasteiger partial charge in [0.1, 0.15) is 8.55 Å². The Bertz CT molecular complexity index is 1780. The summed E-state index contributed by atoms with van der Waals surface area (Å²) >= 11 is 13.9. The lowest BCUT2D eigenvalue weighted by Gasteiger charge is -2.32. The van der Waals surface area contributed by atoms with Crippen LogP contribution in [0.25, 0.3) is 0 Å². The molecule has 10 nitrogen and oxygen atoms in total. The van der Waals surface area contributed by atoms with Gasteiger partial charge in [0, 0.05) is 34.3 Å². The quantitative estimate of drug-likeness (QED) is 0.151. The van der Waals surface area contributed by atoms with E-state index in [4.69, 9.17) is 16.7 Å². The smallest absolute Gasteiger partial charge is 0.317 e. The van der Waals surface area contributed by atoms with E-state index in [1.807, 2.05) is 0 Å². The van der Waals surface area contributed by atoms with E-state index in [0.717, 1.165) is 68.5 Å². The Balaban J connectivity index is 1.12. The van der Waals surface area contributed by atoms with Crippen molar-refractivity contribution < 1.29 is 26.7 Å². The third-order valence-electron chi connectivity index (χ3n) is 9.12. The fraction of sp³-hybridized carbons (Fsp3) is 0.500. The predicted octanol–water partition coefficient (Wildman–Crippen LogP) is 6.68. The number of sulfone groups is 1. The van der Waals surface area contributed by atoms with Crippen molar-refractivity contribution in [1.29, 1.82) is 0 Å². The number of aliphatic carboxylic acids is 1. The molecule has 0 aliphatic carbocycles. The van der Waals surface area contributed by atoms with Crippen molar-refractivity contribution in [2.75, 3.05) is 32.7 Å². The Morgan fingerprint density at radius 2 is 1.81 bits per heavy atom. The summed E-state index contributed by atoms with van der Waals surface area (Å²) in [5.41, 5.74) is 1.41. The Morgan fingerprint density at radius 1 is 1.06 bits per heavy atom. The maximum absolute atomic E-state index is 13.7. The SMILES string of the molecule is O=C(O)CNCCc1cccc(Br)c1S(=O)(=O)c1ccc(C2CC(CCCC3CCN(S(=O)(=O)c4cc(Br)c(Cl)s4)CC3)CCN2)nc1. The van der Waals surface area contributed by atoms with Crippen LogP contribution in [0.15, 0.2) is 65.5 Å². The van der Waals surface area contributed by atoms with Crippen LogP contribution in [0.3, 0.4) is 0 Å². The van der Waals surface area contributed by atoms with Gasteiger partial charge in [0.2, 0.25) is 9.84 Å². The molecule has 16 heteroatoms. The minimum Gasteiger partial charge on any atom is -0.480 e.